The molecule has 10 heavy (non-hydrogen) atoms. The van der Waals surface area contributed by atoms with Gasteiger partial charge >= 0.3 is 18.9 Å². The molecule has 0 radical (unpaired) electrons. The Labute approximate surface area is 103 Å². The van der Waals surface area contributed by atoms with Crippen molar-refractivity contribution in [2.45, 2.75) is 14.0 Å². The van der Waals surface area contributed by atoms with Crippen LogP contribution < -0.4 is 18.9 Å². The van der Waals surface area contributed by atoms with Crippen LogP contribution in [-0.4, -0.2) is 14.0 Å². The summed E-state index contributed by atoms with van der Waals surface area (Å²) < 4.78 is -1.60. The second-order valence-corrected chi connectivity index (χ2v) is 5.28. The van der Waals surface area contributed by atoms with Gasteiger partial charge in [-0.25, -0.2) is 0 Å². The van der Waals surface area contributed by atoms with Crippen molar-refractivity contribution in [3.63, 3.8) is 0 Å². The first-order valence-corrected chi connectivity index (χ1v) is 4.29. The van der Waals surface area contributed by atoms with E-state index in [0.717, 1.165) is 0 Å². The van der Waals surface area contributed by atoms with Crippen LogP contribution in [0.5, 0.6) is 0 Å². The van der Waals surface area contributed by atoms with Gasteiger partial charge in [0.1, 0.15) is 10.2 Å². The van der Waals surface area contributed by atoms with E-state index >= 15 is 0 Å². The minimum atomic E-state index is -1.60. The maximum atomic E-state index is 5.43. The molecule has 0 saturated carbocycles. The number of hydrogen-bond acceptors (Lipinski definition) is 0. The summed E-state index contributed by atoms with van der Waals surface area (Å²) in [6.07, 6.45) is 0. The van der Waals surface area contributed by atoms with Crippen molar-refractivity contribution in [3.8, 4) is 0 Å². The zero-order chi connectivity index (χ0) is 7.65. The second kappa shape index (κ2) is 5.89. The van der Waals surface area contributed by atoms with E-state index in [9.17, 15) is 0 Å². The molecular weight excluding hydrogens is 256 g/mol. The average Bonchev–Trinajstić information content (AvgIpc) is 1.62. The summed E-state index contributed by atoms with van der Waals surface area (Å²) in [6, 6.07) is 0. The van der Waals surface area contributed by atoms with Crippen molar-refractivity contribution in [3.05, 3.63) is 0 Å². The molecule has 0 fully saturated rings. The minimum Gasteiger partial charge on any atom is -1.00 e. The van der Waals surface area contributed by atoms with Crippen molar-refractivity contribution in [2.75, 3.05) is 0 Å². The molecule has 0 aromatic rings. The van der Waals surface area contributed by atoms with Gasteiger partial charge in [-0.1, -0.05) is 34.8 Å². The summed E-state index contributed by atoms with van der Waals surface area (Å²) in [4.78, 5) is -0.876. The third-order valence-electron chi connectivity index (χ3n) is 0.534. The molecule has 1 atom stereocenters. The van der Waals surface area contributed by atoms with Crippen LogP contribution in [0.2, 0.25) is 0 Å². The van der Waals surface area contributed by atoms with E-state index in [1.165, 1.54) is 0 Å². The second-order valence-electron chi connectivity index (χ2n) is 1.28. The van der Waals surface area contributed by atoms with Crippen LogP contribution in [0.1, 0.15) is 1.43 Å². The van der Waals surface area contributed by atoms with Gasteiger partial charge in [-0.2, -0.15) is 0 Å². The molecule has 0 nitrogen and oxygen atoms in total. The zero-order valence-corrected chi connectivity index (χ0v) is 9.46. The molecule has 0 N–H and O–H groups in total. The summed E-state index contributed by atoms with van der Waals surface area (Å²) in [6.45, 7) is 0. The van der Waals surface area contributed by atoms with E-state index in [1.54, 1.807) is 0 Å². The van der Waals surface area contributed by atoms with Crippen LogP contribution >= 0.6 is 69.6 Å². The minimum absolute atomic E-state index is 0. The molecule has 0 bridgehead atoms. The zero-order valence-electron chi connectivity index (χ0n) is 5.92. The average molecular weight is 259 g/mol. The van der Waals surface area contributed by atoms with Crippen molar-refractivity contribution in [1.29, 1.82) is 0 Å². The predicted molar refractivity (Wildman–Crippen MR) is 46.5 cm³/mol. The van der Waals surface area contributed by atoms with Gasteiger partial charge in [0.25, 0.3) is 0 Å². The van der Waals surface area contributed by atoms with E-state index in [1.807, 2.05) is 0 Å². The molecule has 0 aliphatic heterocycles. The first-order valence-electron chi connectivity index (χ1n) is 1.84. The third-order valence-corrected chi connectivity index (χ3v) is 2.92. The van der Waals surface area contributed by atoms with E-state index in [4.69, 9.17) is 69.6 Å². The summed E-state index contributed by atoms with van der Waals surface area (Å²) in [7, 11) is 0. The van der Waals surface area contributed by atoms with E-state index in [2.05, 4.69) is 0 Å². The Balaban J connectivity index is -0.000000320. The summed E-state index contributed by atoms with van der Waals surface area (Å²) in [5, 5.41) is -0.883. The Bertz CT molecular complexity index is 92.3. The molecule has 1 unspecified atom stereocenters. The van der Waals surface area contributed by atoms with E-state index in [0.29, 0.717) is 0 Å². The summed E-state index contributed by atoms with van der Waals surface area (Å²) in [5.41, 5.74) is 0. The van der Waals surface area contributed by atoms with Crippen molar-refractivity contribution in [2.24, 2.45) is 0 Å². The Hall–Kier alpha value is 2.34. The fraction of sp³-hybridized carbons (Fsp3) is 1.00. The molecule has 0 rings (SSSR count). The number of alkyl halides is 6. The first kappa shape index (κ1) is 14.8. The van der Waals surface area contributed by atoms with Gasteiger partial charge in [-0.15, -0.1) is 34.8 Å². The van der Waals surface area contributed by atoms with Crippen LogP contribution in [0.4, 0.5) is 0 Å². The fourth-order valence-electron chi connectivity index (χ4n) is 0.143. The molecule has 0 aliphatic carbocycles. The Morgan fingerprint density at radius 1 is 1.00 bits per heavy atom. The molecule has 58 valence electrons. The summed E-state index contributed by atoms with van der Waals surface area (Å²) >= 11 is 31.9. The van der Waals surface area contributed by atoms with Gasteiger partial charge < -0.3 is 1.43 Å². The van der Waals surface area contributed by atoms with Crippen molar-refractivity contribution >= 4 is 69.6 Å². The molecule has 0 aliphatic rings. The van der Waals surface area contributed by atoms with Crippen LogP contribution in [0.3, 0.4) is 0 Å². The van der Waals surface area contributed by atoms with Crippen LogP contribution in [-0.2, 0) is 0 Å². The molecule has 0 aromatic heterocycles. The predicted octanol–water partition coefficient (Wildman–Crippen LogP) is 0.884. The molecule has 0 aromatic carbocycles. The maximum Gasteiger partial charge on any atom is 1.00 e. The number of halogens is 6. The summed E-state index contributed by atoms with van der Waals surface area (Å²) in [5.74, 6) is 0. The molecule has 7 heteroatoms. The molecular formula is C3H3Cl6Li. The quantitative estimate of drug-likeness (QED) is 0.484. The van der Waals surface area contributed by atoms with Gasteiger partial charge in [0.2, 0.25) is 3.79 Å². The normalized spacial score (nSPS) is 14.7. The third kappa shape index (κ3) is 5.92. The molecule has 0 amide bonds. The standard InChI is InChI=1S/C3H2Cl6.Li.H/c4-1(2(5)6)3(7,8)9;;/h1-2H;;/q;+1;-1. The molecule has 0 spiro atoms. The SMILES string of the molecule is ClC(Cl)C(Cl)C(Cl)(Cl)Cl.[H-].[Li+]. The van der Waals surface area contributed by atoms with Crippen molar-refractivity contribution < 1.29 is 20.3 Å². The Morgan fingerprint density at radius 3 is 1.30 bits per heavy atom. The molecule has 0 saturated heterocycles. The maximum absolute atomic E-state index is 5.43. The van der Waals surface area contributed by atoms with E-state index < -0.39 is 14.0 Å². The van der Waals surface area contributed by atoms with Crippen molar-refractivity contribution in [1.82, 2.24) is 0 Å². The number of hydrogen-bond donors (Lipinski definition) is 0. The monoisotopic (exact) mass is 256 g/mol. The van der Waals surface area contributed by atoms with Gasteiger partial charge in [-0.05, 0) is 0 Å². The van der Waals surface area contributed by atoms with Crippen LogP contribution in [0.25, 0.3) is 0 Å². The largest absolute Gasteiger partial charge is 1.00 e. The van der Waals surface area contributed by atoms with Gasteiger partial charge in [-0.3, -0.25) is 0 Å². The smallest absolute Gasteiger partial charge is 1.00 e. The molecule has 0 heterocycles. The number of rotatable bonds is 1. The Morgan fingerprint density at radius 2 is 1.30 bits per heavy atom. The van der Waals surface area contributed by atoms with E-state index in [-0.39, 0.29) is 20.3 Å². The van der Waals surface area contributed by atoms with Gasteiger partial charge in [0.15, 0.2) is 0 Å². The topological polar surface area (TPSA) is 0 Å². The van der Waals surface area contributed by atoms with Crippen LogP contribution in [0, 0.1) is 0 Å². The first-order chi connectivity index (χ1) is 3.85. The van der Waals surface area contributed by atoms with Gasteiger partial charge in [0, 0.05) is 0 Å². The Kier molecular flexibility index (Phi) is 8.75. The van der Waals surface area contributed by atoms with Gasteiger partial charge in [0.05, 0.1) is 0 Å². The fourth-order valence-corrected chi connectivity index (χ4v) is 1.29. The van der Waals surface area contributed by atoms with Crippen LogP contribution in [0.15, 0.2) is 0 Å².